The molecule has 0 radical (unpaired) electrons. The van der Waals surface area contributed by atoms with Crippen LogP contribution in [0.15, 0.2) is 72.8 Å². The number of nitrogens with zero attached hydrogens (tertiary/aromatic N) is 8. The predicted molar refractivity (Wildman–Crippen MR) is 154 cm³/mol. The Morgan fingerprint density at radius 1 is 1.00 bits per heavy atom. The zero-order valence-corrected chi connectivity index (χ0v) is 23.1. The van der Waals surface area contributed by atoms with E-state index in [1.54, 1.807) is 48.0 Å². The van der Waals surface area contributed by atoms with Gasteiger partial charge < -0.3 is 14.4 Å². The predicted octanol–water partition coefficient (Wildman–Crippen LogP) is 5.37. The van der Waals surface area contributed by atoms with Gasteiger partial charge in [0.1, 0.15) is 24.1 Å². The molecule has 0 fully saturated rings. The first-order valence-corrected chi connectivity index (χ1v) is 13.3. The van der Waals surface area contributed by atoms with Crippen molar-refractivity contribution in [1.29, 1.82) is 0 Å². The van der Waals surface area contributed by atoms with E-state index < -0.39 is 17.6 Å². The van der Waals surface area contributed by atoms with E-state index in [-0.39, 0.29) is 42.3 Å². The van der Waals surface area contributed by atoms with Crippen molar-refractivity contribution in [2.24, 2.45) is 7.05 Å². The molecule has 0 amide bonds. The number of imidazole rings is 1. The zero-order chi connectivity index (χ0) is 30.8. The Balaban J connectivity index is 1.25. The van der Waals surface area contributed by atoms with Gasteiger partial charge in [-0.25, -0.2) is 28.4 Å². The maximum atomic E-state index is 15.5. The lowest BCUT2D eigenvalue weighted by molar-refractivity contribution is 0.0697. The summed E-state index contributed by atoms with van der Waals surface area (Å²) < 4.78 is 37.2. The van der Waals surface area contributed by atoms with Crippen LogP contribution in [0.25, 0.3) is 27.1 Å². The number of aromatic nitrogens is 7. The van der Waals surface area contributed by atoms with Crippen molar-refractivity contribution in [2.45, 2.75) is 19.6 Å². The first kappa shape index (κ1) is 28.1. The van der Waals surface area contributed by atoms with Crippen LogP contribution in [-0.4, -0.2) is 45.8 Å². The van der Waals surface area contributed by atoms with Crippen molar-refractivity contribution in [3.63, 3.8) is 0 Å². The number of pyridine rings is 1. The molecule has 3 aromatic carbocycles. The molecular weight excluding hydrogens is 570 g/mol. The van der Waals surface area contributed by atoms with Gasteiger partial charge in [0.25, 0.3) is 0 Å². The number of benzene rings is 3. The lowest BCUT2D eigenvalue weighted by atomic mass is 10.1. The molecule has 0 aliphatic rings. The molecule has 0 bridgehead atoms. The quantitative estimate of drug-likeness (QED) is 0.222. The molecule has 11 nitrogen and oxygen atoms in total. The second-order valence-corrected chi connectivity index (χ2v) is 9.84. The molecule has 0 aliphatic carbocycles. The van der Waals surface area contributed by atoms with Crippen molar-refractivity contribution in [2.75, 3.05) is 0 Å². The Morgan fingerprint density at radius 3 is 2.55 bits per heavy atom. The molecule has 1 N–H and O–H groups in total. The fraction of sp³-hybridized carbons (Fsp3) is 0.129. The van der Waals surface area contributed by atoms with Crippen LogP contribution in [-0.2, 0) is 26.6 Å². The Kier molecular flexibility index (Phi) is 7.47. The van der Waals surface area contributed by atoms with Gasteiger partial charge >= 0.3 is 5.97 Å². The number of fused-ring (bicyclic) bond motifs is 1. The van der Waals surface area contributed by atoms with Gasteiger partial charge in [0.05, 0.1) is 42.5 Å². The monoisotopic (exact) mass is 592 g/mol. The number of ether oxygens (including phenoxy) is 1. The SMILES string of the molecule is [C-]#[N+]c1ccc(COc2cccc(-c3ccc(Cc4nc5ccc(C(=O)O)cc5n4Cc4nnn(C)n4)c(F)c3)n2)c(F)c1. The third-order valence-corrected chi connectivity index (χ3v) is 6.89. The Bertz CT molecular complexity index is 2080. The summed E-state index contributed by atoms with van der Waals surface area (Å²) in [6.45, 7) is 7.06. The van der Waals surface area contributed by atoms with Gasteiger partial charge in [0.2, 0.25) is 5.88 Å². The summed E-state index contributed by atoms with van der Waals surface area (Å²) in [6, 6.07) is 18.5. The fourth-order valence-electron chi connectivity index (χ4n) is 4.70. The third kappa shape index (κ3) is 5.82. The van der Waals surface area contributed by atoms with Gasteiger partial charge in [0, 0.05) is 23.6 Å². The number of carboxylic acid groups (broad SMARTS) is 1. The van der Waals surface area contributed by atoms with Crippen molar-refractivity contribution < 1.29 is 23.4 Å². The van der Waals surface area contributed by atoms with Gasteiger partial charge in [0.15, 0.2) is 11.5 Å². The molecule has 0 saturated heterocycles. The number of carbonyl (C=O) groups is 1. The first-order chi connectivity index (χ1) is 21.3. The smallest absolute Gasteiger partial charge is 0.335 e. The van der Waals surface area contributed by atoms with Crippen LogP contribution in [0.1, 0.15) is 33.1 Å². The summed E-state index contributed by atoms with van der Waals surface area (Å²) in [6.07, 6.45) is 0.109. The number of hydrogen-bond acceptors (Lipinski definition) is 7. The van der Waals surface area contributed by atoms with Crippen LogP contribution in [0.2, 0.25) is 0 Å². The number of aryl methyl sites for hydroxylation is 1. The molecule has 3 aromatic heterocycles. The molecule has 0 atom stereocenters. The van der Waals surface area contributed by atoms with Crippen molar-refractivity contribution in [3.8, 4) is 17.1 Å². The summed E-state index contributed by atoms with van der Waals surface area (Å²) in [4.78, 5) is 25.2. The van der Waals surface area contributed by atoms with Crippen LogP contribution >= 0.6 is 0 Å². The van der Waals surface area contributed by atoms with Crippen LogP contribution in [0, 0.1) is 18.2 Å². The van der Waals surface area contributed by atoms with Crippen molar-refractivity contribution >= 4 is 22.7 Å². The maximum absolute atomic E-state index is 15.5. The molecule has 0 spiro atoms. The Morgan fingerprint density at radius 2 is 1.82 bits per heavy atom. The van der Waals surface area contributed by atoms with E-state index in [1.165, 1.54) is 35.1 Å². The number of rotatable bonds is 9. The highest BCUT2D eigenvalue weighted by Gasteiger charge is 2.18. The number of tetrazole rings is 1. The summed E-state index contributed by atoms with van der Waals surface area (Å²) >= 11 is 0. The van der Waals surface area contributed by atoms with Gasteiger partial charge in [-0.2, -0.15) is 4.80 Å². The molecule has 0 unspecified atom stereocenters. The molecule has 6 rings (SSSR count). The summed E-state index contributed by atoms with van der Waals surface area (Å²) in [5.74, 6) is -0.998. The lowest BCUT2D eigenvalue weighted by Gasteiger charge is -2.10. The normalized spacial score (nSPS) is 11.0. The summed E-state index contributed by atoms with van der Waals surface area (Å²) in [5, 5.41) is 21.6. The van der Waals surface area contributed by atoms with Crippen LogP contribution in [0.4, 0.5) is 14.5 Å². The summed E-state index contributed by atoms with van der Waals surface area (Å²) in [7, 11) is 1.63. The van der Waals surface area contributed by atoms with E-state index in [9.17, 15) is 14.3 Å². The van der Waals surface area contributed by atoms with Gasteiger partial charge in [-0.3, -0.25) is 0 Å². The molecule has 0 aliphatic heterocycles. The van der Waals surface area contributed by atoms with Gasteiger partial charge in [-0.1, -0.05) is 30.3 Å². The lowest BCUT2D eigenvalue weighted by Crippen LogP contribution is -2.09. The van der Waals surface area contributed by atoms with Crippen molar-refractivity contribution in [3.05, 3.63) is 124 Å². The highest BCUT2D eigenvalue weighted by molar-refractivity contribution is 5.92. The number of hydrogen-bond donors (Lipinski definition) is 1. The summed E-state index contributed by atoms with van der Waals surface area (Å²) in [5.41, 5.74) is 2.99. The van der Waals surface area contributed by atoms with Crippen molar-refractivity contribution in [1.82, 2.24) is 34.7 Å². The average Bonchev–Trinajstić information content (AvgIpc) is 3.59. The second kappa shape index (κ2) is 11.7. The van der Waals surface area contributed by atoms with E-state index in [0.29, 0.717) is 39.5 Å². The number of carboxylic acids is 1. The molecule has 0 saturated carbocycles. The highest BCUT2D eigenvalue weighted by Crippen LogP contribution is 2.26. The molecular formula is C31H22F2N8O3. The zero-order valence-electron chi connectivity index (χ0n) is 23.1. The molecule has 218 valence electrons. The largest absolute Gasteiger partial charge is 0.478 e. The molecule has 6 aromatic rings. The van der Waals surface area contributed by atoms with Crippen LogP contribution < -0.4 is 4.74 Å². The van der Waals surface area contributed by atoms with Crippen LogP contribution in [0.3, 0.4) is 0 Å². The van der Waals surface area contributed by atoms with Gasteiger partial charge in [-0.05, 0) is 47.2 Å². The minimum atomic E-state index is -1.08. The molecule has 13 heteroatoms. The Labute approximate surface area is 248 Å². The standard InChI is InChI=1S/C31H22F2N8O3/c1-34-22-10-8-21(24(33)15-22)17-44-30-5-3-4-25(36-30)19-7-6-18(23(32)12-19)14-29-35-26-11-9-20(31(42)43)13-27(26)41(29)16-28-37-39-40(2)38-28/h3-13,15H,14,16-17H2,2H3,(H,42,43). The highest BCUT2D eigenvalue weighted by atomic mass is 19.1. The number of aromatic carboxylic acids is 1. The minimum absolute atomic E-state index is 0.0904. The van der Waals surface area contributed by atoms with E-state index in [1.807, 2.05) is 0 Å². The molecule has 3 heterocycles. The fourth-order valence-corrected chi connectivity index (χ4v) is 4.70. The van der Waals surface area contributed by atoms with Crippen LogP contribution in [0.5, 0.6) is 5.88 Å². The second-order valence-electron chi connectivity index (χ2n) is 9.84. The number of halogens is 2. The first-order valence-electron chi connectivity index (χ1n) is 13.3. The molecule has 44 heavy (non-hydrogen) atoms. The third-order valence-electron chi connectivity index (χ3n) is 6.89. The van der Waals surface area contributed by atoms with Gasteiger partial charge in [-0.15, -0.1) is 10.2 Å². The minimum Gasteiger partial charge on any atom is -0.478 e. The van der Waals surface area contributed by atoms with E-state index in [0.717, 1.165) is 6.07 Å². The van der Waals surface area contributed by atoms with E-state index in [2.05, 4.69) is 30.2 Å². The Hall–Kier alpha value is -6.03. The average molecular weight is 593 g/mol. The van der Waals surface area contributed by atoms with E-state index in [4.69, 9.17) is 11.3 Å². The van der Waals surface area contributed by atoms with E-state index >= 15 is 4.39 Å². The topological polar surface area (TPSA) is 125 Å². The maximum Gasteiger partial charge on any atom is 0.335 e.